The largest absolute Gasteiger partial charge is 0.352 e. The van der Waals surface area contributed by atoms with Crippen LogP contribution < -0.4 is 11.1 Å². The maximum absolute atomic E-state index is 12.4. The number of piperidine rings is 1. The summed E-state index contributed by atoms with van der Waals surface area (Å²) in [6, 6.07) is -0.473. The van der Waals surface area contributed by atoms with Crippen molar-refractivity contribution in [2.24, 2.45) is 24.1 Å². The quantitative estimate of drug-likeness (QED) is 0.849. The predicted octanol–water partition coefficient (Wildman–Crippen LogP) is 0.762. The minimum atomic E-state index is -0.473. The number of hydrogen-bond donors (Lipinski definition) is 2. The van der Waals surface area contributed by atoms with E-state index in [0.717, 1.165) is 12.8 Å². The summed E-state index contributed by atoms with van der Waals surface area (Å²) in [6.45, 7) is 7.98. The van der Waals surface area contributed by atoms with Crippen LogP contribution in [-0.4, -0.2) is 52.2 Å². The molecule has 3 N–H and O–H groups in total. The van der Waals surface area contributed by atoms with E-state index in [2.05, 4.69) is 10.4 Å². The van der Waals surface area contributed by atoms with Gasteiger partial charge in [0.2, 0.25) is 5.91 Å². The van der Waals surface area contributed by atoms with Gasteiger partial charge in [-0.3, -0.25) is 14.3 Å². The summed E-state index contributed by atoms with van der Waals surface area (Å²) in [7, 11) is 1.78. The molecule has 0 aromatic carbocycles. The lowest BCUT2D eigenvalue weighted by molar-refractivity contribution is -0.136. The van der Waals surface area contributed by atoms with Gasteiger partial charge in [0.15, 0.2) is 0 Å². The number of nitrogens with one attached hydrogen (secondary N) is 1. The number of nitrogens with zero attached hydrogens (tertiary/aromatic N) is 3. The maximum atomic E-state index is 12.4. The van der Waals surface area contributed by atoms with E-state index in [1.54, 1.807) is 24.1 Å². The molecule has 1 saturated heterocycles. The number of carbonyl (C=O) groups is 2. The Morgan fingerprint density at radius 2 is 2.00 bits per heavy atom. The van der Waals surface area contributed by atoms with E-state index in [-0.39, 0.29) is 17.2 Å². The second-order valence-corrected chi connectivity index (χ2v) is 7.73. The Hall–Kier alpha value is -1.89. The van der Waals surface area contributed by atoms with Gasteiger partial charge < -0.3 is 16.0 Å². The van der Waals surface area contributed by atoms with Crippen molar-refractivity contribution in [3.05, 3.63) is 18.0 Å². The number of nitrogens with two attached hydrogens (primary N) is 1. The van der Waals surface area contributed by atoms with Crippen LogP contribution in [0, 0.1) is 11.3 Å². The SMILES string of the molecule is Cn1cc(C(=O)NCC2CCN(C(=O)[C@@H](N)C(C)(C)C)CC2)cn1. The molecule has 1 aliphatic heterocycles. The molecule has 1 aromatic rings. The molecule has 2 heterocycles. The average molecular weight is 335 g/mol. The first-order valence-electron chi connectivity index (χ1n) is 8.49. The summed E-state index contributed by atoms with van der Waals surface area (Å²) in [6.07, 6.45) is 5.03. The molecule has 0 aliphatic carbocycles. The highest BCUT2D eigenvalue weighted by Crippen LogP contribution is 2.22. The summed E-state index contributed by atoms with van der Waals surface area (Å²) in [5.41, 5.74) is 6.41. The molecule has 24 heavy (non-hydrogen) atoms. The van der Waals surface area contributed by atoms with Gasteiger partial charge in [-0.2, -0.15) is 5.10 Å². The molecular formula is C17H29N5O2. The van der Waals surface area contributed by atoms with Gasteiger partial charge in [0.05, 0.1) is 17.8 Å². The van der Waals surface area contributed by atoms with Crippen molar-refractivity contribution < 1.29 is 9.59 Å². The molecule has 0 unspecified atom stereocenters. The first-order chi connectivity index (χ1) is 11.2. The molecule has 0 spiro atoms. The molecule has 2 rings (SSSR count). The Morgan fingerprint density at radius 3 is 2.50 bits per heavy atom. The molecule has 0 bridgehead atoms. The Labute approximate surface area is 143 Å². The van der Waals surface area contributed by atoms with Crippen molar-refractivity contribution in [3.8, 4) is 0 Å². The highest BCUT2D eigenvalue weighted by atomic mass is 16.2. The monoisotopic (exact) mass is 335 g/mol. The van der Waals surface area contributed by atoms with Crippen LogP contribution in [-0.2, 0) is 11.8 Å². The van der Waals surface area contributed by atoms with Gasteiger partial charge in [-0.15, -0.1) is 0 Å². The summed E-state index contributed by atoms with van der Waals surface area (Å²) in [4.78, 5) is 26.3. The molecule has 1 aromatic heterocycles. The van der Waals surface area contributed by atoms with Crippen molar-refractivity contribution in [2.45, 2.75) is 39.7 Å². The molecule has 134 valence electrons. The average Bonchev–Trinajstić information content (AvgIpc) is 2.97. The van der Waals surface area contributed by atoms with E-state index in [1.807, 2.05) is 25.7 Å². The van der Waals surface area contributed by atoms with Crippen molar-refractivity contribution in [3.63, 3.8) is 0 Å². The molecule has 2 amide bonds. The normalized spacial score (nSPS) is 17.6. The second kappa shape index (κ2) is 7.34. The van der Waals surface area contributed by atoms with Crippen molar-refractivity contribution >= 4 is 11.8 Å². The van der Waals surface area contributed by atoms with E-state index in [9.17, 15) is 9.59 Å². The standard InChI is InChI=1S/C17H29N5O2/c1-17(2,3)14(18)16(24)22-7-5-12(6-8-22)9-19-15(23)13-10-20-21(4)11-13/h10-12,14H,5-9,18H2,1-4H3,(H,19,23)/t14-/m1/s1. The van der Waals surface area contributed by atoms with Gasteiger partial charge in [0.25, 0.3) is 5.91 Å². The molecule has 0 radical (unpaired) electrons. The van der Waals surface area contributed by atoms with Gasteiger partial charge in [-0.05, 0) is 24.2 Å². The van der Waals surface area contributed by atoms with Crippen LogP contribution in [0.1, 0.15) is 44.0 Å². The zero-order chi connectivity index (χ0) is 17.9. The molecular weight excluding hydrogens is 306 g/mol. The van der Waals surface area contributed by atoms with Crippen LogP contribution in [0.5, 0.6) is 0 Å². The van der Waals surface area contributed by atoms with E-state index >= 15 is 0 Å². The van der Waals surface area contributed by atoms with Gasteiger partial charge in [0, 0.05) is 32.9 Å². The first-order valence-corrected chi connectivity index (χ1v) is 8.49. The van der Waals surface area contributed by atoms with Crippen LogP contribution >= 0.6 is 0 Å². The lowest BCUT2D eigenvalue weighted by Crippen LogP contribution is -2.52. The number of amides is 2. The third-order valence-electron chi connectivity index (χ3n) is 4.64. The summed E-state index contributed by atoms with van der Waals surface area (Å²) < 4.78 is 1.61. The van der Waals surface area contributed by atoms with E-state index in [4.69, 9.17) is 5.73 Å². The lowest BCUT2D eigenvalue weighted by Gasteiger charge is -2.36. The summed E-state index contributed by atoms with van der Waals surface area (Å²) >= 11 is 0. The van der Waals surface area contributed by atoms with E-state index in [1.165, 1.54) is 0 Å². The number of aryl methyl sites for hydroxylation is 1. The lowest BCUT2D eigenvalue weighted by atomic mass is 9.86. The molecule has 1 atom stereocenters. The molecule has 7 nitrogen and oxygen atoms in total. The Bertz CT molecular complexity index is 582. The summed E-state index contributed by atoms with van der Waals surface area (Å²) in [5, 5.41) is 6.95. The fourth-order valence-electron chi connectivity index (χ4n) is 2.80. The number of carbonyl (C=O) groups excluding carboxylic acids is 2. The van der Waals surface area contributed by atoms with Crippen molar-refractivity contribution in [2.75, 3.05) is 19.6 Å². The van der Waals surface area contributed by atoms with Gasteiger partial charge in [-0.25, -0.2) is 0 Å². The maximum Gasteiger partial charge on any atom is 0.254 e. The minimum Gasteiger partial charge on any atom is -0.352 e. The fraction of sp³-hybridized carbons (Fsp3) is 0.706. The highest BCUT2D eigenvalue weighted by Gasteiger charge is 2.32. The van der Waals surface area contributed by atoms with Crippen LogP contribution in [0.2, 0.25) is 0 Å². The molecule has 7 heteroatoms. The fourth-order valence-corrected chi connectivity index (χ4v) is 2.80. The van der Waals surface area contributed by atoms with Crippen molar-refractivity contribution in [1.29, 1.82) is 0 Å². The molecule has 1 fully saturated rings. The summed E-state index contributed by atoms with van der Waals surface area (Å²) in [5.74, 6) is 0.317. The second-order valence-electron chi connectivity index (χ2n) is 7.73. The smallest absolute Gasteiger partial charge is 0.254 e. The predicted molar refractivity (Wildman–Crippen MR) is 92.3 cm³/mol. The van der Waals surface area contributed by atoms with Crippen LogP contribution in [0.15, 0.2) is 12.4 Å². The number of hydrogen-bond acceptors (Lipinski definition) is 4. The first kappa shape index (κ1) is 18.4. The molecule has 0 saturated carbocycles. The van der Waals surface area contributed by atoms with Crippen LogP contribution in [0.3, 0.4) is 0 Å². The van der Waals surface area contributed by atoms with E-state index < -0.39 is 6.04 Å². The van der Waals surface area contributed by atoms with Gasteiger partial charge in [0.1, 0.15) is 0 Å². The Kier molecular flexibility index (Phi) is 5.64. The third kappa shape index (κ3) is 4.56. The number of aromatic nitrogens is 2. The van der Waals surface area contributed by atoms with E-state index in [0.29, 0.717) is 31.1 Å². The van der Waals surface area contributed by atoms with Gasteiger partial charge >= 0.3 is 0 Å². The Morgan fingerprint density at radius 1 is 1.38 bits per heavy atom. The number of rotatable bonds is 4. The zero-order valence-corrected chi connectivity index (χ0v) is 15.1. The highest BCUT2D eigenvalue weighted by molar-refractivity contribution is 5.93. The zero-order valence-electron chi connectivity index (χ0n) is 15.1. The topological polar surface area (TPSA) is 93.2 Å². The van der Waals surface area contributed by atoms with Crippen LogP contribution in [0.4, 0.5) is 0 Å². The Balaban J connectivity index is 1.77. The van der Waals surface area contributed by atoms with Gasteiger partial charge in [-0.1, -0.05) is 20.8 Å². The number of likely N-dealkylation sites (tertiary alicyclic amines) is 1. The molecule has 1 aliphatic rings. The van der Waals surface area contributed by atoms with Crippen molar-refractivity contribution in [1.82, 2.24) is 20.0 Å². The minimum absolute atomic E-state index is 0.0281. The third-order valence-corrected chi connectivity index (χ3v) is 4.64. The van der Waals surface area contributed by atoms with Crippen LogP contribution in [0.25, 0.3) is 0 Å².